The molecule has 7 nitrogen and oxygen atoms in total. The molecule has 0 aliphatic carbocycles. The predicted molar refractivity (Wildman–Crippen MR) is 114 cm³/mol. The standard InChI is InChI=1S/C22H17FN4O3S/c1-22(2)10-17(28)15-9-13(5-8-18(15)30-22)19(29)24-20-25-21-27(26-20)16(11-31-21)12-3-6-14(23)7-4-12/h3-9,11H,10H2,1-2H3,(H,24,26,29). The molecule has 0 saturated carbocycles. The number of hydrogen-bond donors (Lipinski definition) is 1. The molecule has 0 fully saturated rings. The first-order valence-electron chi connectivity index (χ1n) is 9.57. The minimum absolute atomic E-state index is 0.0644. The van der Waals surface area contributed by atoms with E-state index in [4.69, 9.17) is 4.74 Å². The van der Waals surface area contributed by atoms with E-state index in [2.05, 4.69) is 15.4 Å². The second-order valence-corrected chi connectivity index (χ2v) is 8.72. The molecule has 1 N–H and O–H groups in total. The lowest BCUT2D eigenvalue weighted by molar-refractivity contribution is 0.0620. The Morgan fingerprint density at radius 3 is 2.77 bits per heavy atom. The molecule has 3 heterocycles. The van der Waals surface area contributed by atoms with Gasteiger partial charge in [0.1, 0.15) is 17.2 Å². The van der Waals surface area contributed by atoms with Crippen LogP contribution in [0.5, 0.6) is 5.75 Å². The molecule has 31 heavy (non-hydrogen) atoms. The number of hydrogen-bond acceptors (Lipinski definition) is 6. The fourth-order valence-corrected chi connectivity index (χ4v) is 4.35. The summed E-state index contributed by atoms with van der Waals surface area (Å²) in [5.74, 6) is -0.198. The summed E-state index contributed by atoms with van der Waals surface area (Å²) in [5, 5.41) is 8.89. The molecule has 0 saturated heterocycles. The van der Waals surface area contributed by atoms with E-state index in [9.17, 15) is 14.0 Å². The smallest absolute Gasteiger partial charge is 0.258 e. The molecule has 0 radical (unpaired) electrons. The van der Waals surface area contributed by atoms with Crippen molar-refractivity contribution in [3.05, 3.63) is 64.8 Å². The summed E-state index contributed by atoms with van der Waals surface area (Å²) in [5.41, 5.74) is 1.66. The van der Waals surface area contributed by atoms with Gasteiger partial charge in [0, 0.05) is 16.5 Å². The molecular weight excluding hydrogens is 419 g/mol. The summed E-state index contributed by atoms with van der Waals surface area (Å²) in [4.78, 5) is 30.1. The number of carbonyl (C=O) groups is 2. The van der Waals surface area contributed by atoms with Crippen molar-refractivity contribution in [2.75, 3.05) is 5.32 Å². The Bertz CT molecular complexity index is 1340. The lowest BCUT2D eigenvalue weighted by Crippen LogP contribution is -2.36. The average Bonchev–Trinajstić information content (AvgIpc) is 3.28. The summed E-state index contributed by atoms with van der Waals surface area (Å²) in [6.07, 6.45) is 0.246. The maximum atomic E-state index is 13.2. The van der Waals surface area contributed by atoms with Crippen molar-refractivity contribution in [2.45, 2.75) is 25.9 Å². The first-order chi connectivity index (χ1) is 14.8. The quantitative estimate of drug-likeness (QED) is 0.508. The molecular formula is C22H17FN4O3S. The molecule has 0 unspecified atom stereocenters. The zero-order valence-electron chi connectivity index (χ0n) is 16.7. The second-order valence-electron chi connectivity index (χ2n) is 7.88. The molecule has 0 bridgehead atoms. The monoisotopic (exact) mass is 436 g/mol. The number of benzene rings is 2. The average molecular weight is 436 g/mol. The number of amides is 1. The third kappa shape index (κ3) is 3.57. The van der Waals surface area contributed by atoms with Gasteiger partial charge in [-0.1, -0.05) is 0 Å². The maximum Gasteiger partial charge on any atom is 0.258 e. The van der Waals surface area contributed by atoms with Crippen LogP contribution < -0.4 is 10.1 Å². The molecule has 9 heteroatoms. The van der Waals surface area contributed by atoms with Crippen molar-refractivity contribution in [1.82, 2.24) is 14.6 Å². The van der Waals surface area contributed by atoms with Gasteiger partial charge in [0.25, 0.3) is 11.9 Å². The van der Waals surface area contributed by atoms with E-state index in [1.807, 2.05) is 19.2 Å². The molecule has 4 aromatic rings. The van der Waals surface area contributed by atoms with Crippen molar-refractivity contribution >= 4 is 33.9 Å². The number of nitrogens with zero attached hydrogens (tertiary/aromatic N) is 3. The summed E-state index contributed by atoms with van der Waals surface area (Å²) < 4.78 is 20.6. The lowest BCUT2D eigenvalue weighted by Gasteiger charge is -2.31. The van der Waals surface area contributed by atoms with Crippen molar-refractivity contribution in [3.8, 4) is 17.0 Å². The molecule has 5 rings (SSSR count). The Hall–Kier alpha value is -3.59. The van der Waals surface area contributed by atoms with Crippen LogP contribution in [-0.4, -0.2) is 31.9 Å². The molecule has 0 atom stereocenters. The zero-order chi connectivity index (χ0) is 21.8. The molecule has 0 spiro atoms. The van der Waals surface area contributed by atoms with Gasteiger partial charge in [0.05, 0.1) is 17.7 Å². The van der Waals surface area contributed by atoms with Crippen LogP contribution in [0.15, 0.2) is 47.8 Å². The largest absolute Gasteiger partial charge is 0.487 e. The molecule has 1 amide bonds. The van der Waals surface area contributed by atoms with Crippen LogP contribution in [-0.2, 0) is 0 Å². The van der Waals surface area contributed by atoms with Gasteiger partial charge in [-0.15, -0.1) is 16.4 Å². The Morgan fingerprint density at radius 2 is 2.00 bits per heavy atom. The number of ketones is 1. The van der Waals surface area contributed by atoms with Gasteiger partial charge in [0.15, 0.2) is 5.78 Å². The summed E-state index contributed by atoms with van der Waals surface area (Å²) in [7, 11) is 0. The minimum Gasteiger partial charge on any atom is -0.487 e. The van der Waals surface area contributed by atoms with Crippen LogP contribution in [0.3, 0.4) is 0 Å². The number of thiazole rings is 1. The van der Waals surface area contributed by atoms with Crippen LogP contribution >= 0.6 is 11.3 Å². The molecule has 2 aromatic heterocycles. The van der Waals surface area contributed by atoms with Gasteiger partial charge in [-0.2, -0.15) is 4.98 Å². The number of Topliss-reactive ketones (excluding diaryl/α,β-unsaturated/α-hetero) is 1. The van der Waals surface area contributed by atoms with Crippen molar-refractivity contribution in [3.63, 3.8) is 0 Å². The topological polar surface area (TPSA) is 85.6 Å². The second kappa shape index (κ2) is 6.98. The van der Waals surface area contributed by atoms with Crippen LogP contribution in [0.4, 0.5) is 10.3 Å². The number of nitrogens with one attached hydrogen (secondary N) is 1. The van der Waals surface area contributed by atoms with Crippen LogP contribution in [0, 0.1) is 5.82 Å². The van der Waals surface area contributed by atoms with Gasteiger partial charge >= 0.3 is 0 Å². The van der Waals surface area contributed by atoms with Gasteiger partial charge in [-0.3, -0.25) is 14.9 Å². The van der Waals surface area contributed by atoms with Crippen molar-refractivity contribution < 1.29 is 18.7 Å². The van der Waals surface area contributed by atoms with E-state index in [0.29, 0.717) is 21.8 Å². The summed E-state index contributed by atoms with van der Waals surface area (Å²) in [6, 6.07) is 10.8. The highest BCUT2D eigenvalue weighted by molar-refractivity contribution is 7.15. The number of anilines is 1. The molecule has 1 aliphatic heterocycles. The Kier molecular flexibility index (Phi) is 4.37. The van der Waals surface area contributed by atoms with E-state index in [1.54, 1.807) is 28.8 Å². The third-order valence-corrected chi connectivity index (χ3v) is 5.78. The van der Waals surface area contributed by atoms with E-state index in [0.717, 1.165) is 11.3 Å². The third-order valence-electron chi connectivity index (χ3n) is 4.96. The van der Waals surface area contributed by atoms with Gasteiger partial charge in [-0.05, 0) is 56.3 Å². The zero-order valence-corrected chi connectivity index (χ0v) is 17.5. The Labute approximate surface area is 180 Å². The van der Waals surface area contributed by atoms with Crippen LogP contribution in [0.2, 0.25) is 0 Å². The van der Waals surface area contributed by atoms with Crippen molar-refractivity contribution in [1.29, 1.82) is 0 Å². The first kappa shape index (κ1) is 19.4. The predicted octanol–water partition coefficient (Wildman–Crippen LogP) is 4.59. The van der Waals surface area contributed by atoms with Crippen LogP contribution in [0.25, 0.3) is 16.2 Å². The number of aromatic nitrogens is 3. The maximum absolute atomic E-state index is 13.2. The SMILES string of the molecule is CC1(C)CC(=O)c2cc(C(=O)Nc3nc4scc(-c5ccc(F)cc5)n4n3)ccc2O1. The Balaban J connectivity index is 1.40. The first-order valence-corrected chi connectivity index (χ1v) is 10.4. The summed E-state index contributed by atoms with van der Waals surface area (Å²) in [6.45, 7) is 3.70. The highest BCUT2D eigenvalue weighted by atomic mass is 32.1. The highest BCUT2D eigenvalue weighted by Gasteiger charge is 2.33. The fourth-order valence-electron chi connectivity index (χ4n) is 3.52. The fraction of sp³-hybridized carbons (Fsp3) is 0.182. The van der Waals surface area contributed by atoms with Crippen LogP contribution in [0.1, 0.15) is 41.0 Å². The van der Waals surface area contributed by atoms with Crippen molar-refractivity contribution in [2.24, 2.45) is 0 Å². The van der Waals surface area contributed by atoms with E-state index in [1.165, 1.54) is 29.5 Å². The van der Waals surface area contributed by atoms with Gasteiger partial charge in [-0.25, -0.2) is 8.91 Å². The highest BCUT2D eigenvalue weighted by Crippen LogP contribution is 2.33. The normalized spacial score (nSPS) is 14.9. The van der Waals surface area contributed by atoms with Gasteiger partial charge < -0.3 is 4.74 Å². The summed E-state index contributed by atoms with van der Waals surface area (Å²) >= 11 is 1.36. The van der Waals surface area contributed by atoms with E-state index >= 15 is 0 Å². The molecule has 2 aromatic carbocycles. The number of fused-ring (bicyclic) bond motifs is 2. The molecule has 1 aliphatic rings. The molecule has 156 valence electrons. The lowest BCUT2D eigenvalue weighted by atomic mass is 9.92. The van der Waals surface area contributed by atoms with E-state index < -0.39 is 11.5 Å². The number of ether oxygens (including phenoxy) is 1. The minimum atomic E-state index is -0.567. The number of rotatable bonds is 3. The van der Waals surface area contributed by atoms with Gasteiger partial charge in [0.2, 0.25) is 4.96 Å². The number of carbonyl (C=O) groups excluding carboxylic acids is 2. The van der Waals surface area contributed by atoms with E-state index in [-0.39, 0.29) is 24.0 Å². The Morgan fingerprint density at radius 1 is 1.23 bits per heavy atom. The number of halogens is 1.